The summed E-state index contributed by atoms with van der Waals surface area (Å²) in [6.07, 6.45) is 7.83. The molecule has 2 aromatic heterocycles. The Morgan fingerprint density at radius 1 is 1.37 bits per heavy atom. The molecule has 19 heavy (non-hydrogen) atoms. The smallest absolute Gasteiger partial charge is 0.116 e. The van der Waals surface area contributed by atoms with Crippen LogP contribution in [0.15, 0.2) is 24.8 Å². The molecule has 1 saturated heterocycles. The fourth-order valence-electron chi connectivity index (χ4n) is 2.59. The average Bonchev–Trinajstić information content (AvgIpc) is 2.49. The summed E-state index contributed by atoms with van der Waals surface area (Å²) in [5.41, 5.74) is 1.95. The molecule has 2 aromatic rings. The van der Waals surface area contributed by atoms with Crippen molar-refractivity contribution in [2.24, 2.45) is 5.92 Å². The van der Waals surface area contributed by atoms with Crippen molar-refractivity contribution in [2.45, 2.75) is 19.4 Å². The van der Waals surface area contributed by atoms with Crippen molar-refractivity contribution in [2.75, 3.05) is 19.6 Å². The molecule has 1 aliphatic heterocycles. The van der Waals surface area contributed by atoms with Gasteiger partial charge in [-0.2, -0.15) is 0 Å². The minimum atomic E-state index is 0.735. The highest BCUT2D eigenvalue weighted by Crippen LogP contribution is 2.13. The van der Waals surface area contributed by atoms with Crippen LogP contribution in [0.3, 0.4) is 0 Å². The molecule has 0 amide bonds. The van der Waals surface area contributed by atoms with Crippen LogP contribution in [-0.4, -0.2) is 34.6 Å². The predicted octanol–water partition coefficient (Wildman–Crippen LogP) is 1.11. The van der Waals surface area contributed by atoms with Crippen LogP contribution >= 0.6 is 0 Å². The van der Waals surface area contributed by atoms with Crippen LogP contribution in [0, 0.1) is 5.92 Å². The largest absolute Gasteiger partial charge is 0.316 e. The van der Waals surface area contributed by atoms with E-state index in [0.29, 0.717) is 0 Å². The Morgan fingerprint density at radius 3 is 3.26 bits per heavy atom. The number of pyridine rings is 1. The predicted molar refractivity (Wildman–Crippen MR) is 74.6 cm³/mol. The molecule has 100 valence electrons. The number of piperidine rings is 1. The van der Waals surface area contributed by atoms with Crippen LogP contribution in [0.25, 0.3) is 10.9 Å². The highest BCUT2D eigenvalue weighted by molar-refractivity contribution is 5.78. The zero-order chi connectivity index (χ0) is 12.9. The minimum Gasteiger partial charge on any atom is -0.316 e. The Morgan fingerprint density at radius 2 is 2.37 bits per heavy atom. The van der Waals surface area contributed by atoms with Gasteiger partial charge in [-0.25, -0.2) is 9.97 Å². The lowest BCUT2D eigenvalue weighted by atomic mass is 10.00. The molecule has 3 heterocycles. The first-order chi connectivity index (χ1) is 9.43. The van der Waals surface area contributed by atoms with Crippen molar-refractivity contribution in [1.29, 1.82) is 0 Å². The molecular weight excluding hydrogens is 238 g/mol. The van der Waals surface area contributed by atoms with E-state index in [1.807, 2.05) is 18.5 Å². The van der Waals surface area contributed by atoms with Crippen molar-refractivity contribution in [3.05, 3.63) is 30.5 Å². The van der Waals surface area contributed by atoms with E-state index >= 15 is 0 Å². The Bertz CT molecular complexity index is 531. The van der Waals surface area contributed by atoms with Gasteiger partial charge in [0, 0.05) is 24.3 Å². The lowest BCUT2D eigenvalue weighted by Crippen LogP contribution is -2.35. The third-order valence-corrected chi connectivity index (χ3v) is 3.62. The van der Waals surface area contributed by atoms with Crippen LogP contribution < -0.4 is 10.6 Å². The highest BCUT2D eigenvalue weighted by Gasteiger charge is 2.12. The van der Waals surface area contributed by atoms with Crippen molar-refractivity contribution >= 4 is 10.9 Å². The van der Waals surface area contributed by atoms with Crippen LogP contribution in [0.4, 0.5) is 0 Å². The number of hydrogen-bond acceptors (Lipinski definition) is 5. The number of hydrogen-bond donors (Lipinski definition) is 2. The maximum absolute atomic E-state index is 4.42. The molecule has 1 fully saturated rings. The van der Waals surface area contributed by atoms with Crippen molar-refractivity contribution in [3.63, 3.8) is 0 Å². The van der Waals surface area contributed by atoms with Gasteiger partial charge in [-0.3, -0.25) is 4.98 Å². The van der Waals surface area contributed by atoms with E-state index in [4.69, 9.17) is 0 Å². The number of fused-ring (bicyclic) bond motifs is 1. The lowest BCUT2D eigenvalue weighted by Gasteiger charge is -2.22. The topological polar surface area (TPSA) is 62.7 Å². The first-order valence-corrected chi connectivity index (χ1v) is 6.88. The van der Waals surface area contributed by atoms with Gasteiger partial charge in [-0.15, -0.1) is 0 Å². The zero-order valence-electron chi connectivity index (χ0n) is 11.0. The zero-order valence-corrected chi connectivity index (χ0v) is 11.0. The van der Waals surface area contributed by atoms with E-state index in [9.17, 15) is 0 Å². The summed E-state index contributed by atoms with van der Waals surface area (Å²) in [6, 6.07) is 1.95. The summed E-state index contributed by atoms with van der Waals surface area (Å²) in [5, 5.41) is 7.99. The van der Waals surface area contributed by atoms with E-state index < -0.39 is 0 Å². The molecule has 5 nitrogen and oxygen atoms in total. The summed E-state index contributed by atoms with van der Waals surface area (Å²) in [5.74, 6) is 0.735. The number of rotatable bonds is 4. The number of aromatic nitrogens is 3. The lowest BCUT2D eigenvalue weighted by molar-refractivity contribution is 0.359. The summed E-state index contributed by atoms with van der Waals surface area (Å²) < 4.78 is 0. The molecular formula is C14H19N5. The molecule has 3 rings (SSSR count). The van der Waals surface area contributed by atoms with Gasteiger partial charge in [0.15, 0.2) is 0 Å². The molecule has 0 unspecified atom stereocenters. The van der Waals surface area contributed by atoms with Gasteiger partial charge in [0.05, 0.1) is 11.2 Å². The van der Waals surface area contributed by atoms with Gasteiger partial charge in [-0.05, 0) is 44.5 Å². The molecule has 1 aliphatic rings. The molecule has 0 bridgehead atoms. The highest BCUT2D eigenvalue weighted by atomic mass is 14.9. The molecule has 0 saturated carbocycles. The summed E-state index contributed by atoms with van der Waals surface area (Å²) in [7, 11) is 0. The summed E-state index contributed by atoms with van der Waals surface area (Å²) in [4.78, 5) is 12.8. The Balaban J connectivity index is 1.62. The first kappa shape index (κ1) is 12.4. The average molecular weight is 257 g/mol. The maximum atomic E-state index is 4.42. The molecule has 5 heteroatoms. The van der Waals surface area contributed by atoms with E-state index in [1.54, 1.807) is 6.33 Å². The molecule has 0 radical (unpaired) electrons. The molecule has 2 N–H and O–H groups in total. The molecule has 0 aliphatic carbocycles. The van der Waals surface area contributed by atoms with Gasteiger partial charge in [0.25, 0.3) is 0 Å². The third kappa shape index (κ3) is 3.05. The SMILES string of the molecule is c1cc2cncnc2c(CNC[C@@H]2CCCNC2)n1. The standard InChI is InChI=1S/C14H19N5/c1-2-11(6-15-4-1)7-16-9-13-14-12(3-5-18-13)8-17-10-19-14/h3,5,8,10-11,15-16H,1-2,4,6-7,9H2/t11-/m1/s1. The quantitative estimate of drug-likeness (QED) is 0.859. The van der Waals surface area contributed by atoms with E-state index in [0.717, 1.165) is 48.7 Å². The molecule has 0 spiro atoms. The summed E-state index contributed by atoms with van der Waals surface area (Å²) >= 11 is 0. The molecule has 0 aromatic carbocycles. The van der Waals surface area contributed by atoms with Crippen LogP contribution in [-0.2, 0) is 6.54 Å². The fourth-order valence-corrected chi connectivity index (χ4v) is 2.59. The molecule has 1 atom stereocenters. The maximum Gasteiger partial charge on any atom is 0.116 e. The minimum absolute atomic E-state index is 0.735. The number of nitrogens with one attached hydrogen (secondary N) is 2. The van der Waals surface area contributed by atoms with Crippen LogP contribution in [0.2, 0.25) is 0 Å². The third-order valence-electron chi connectivity index (χ3n) is 3.62. The fraction of sp³-hybridized carbons (Fsp3) is 0.500. The van der Waals surface area contributed by atoms with Gasteiger partial charge in [-0.1, -0.05) is 0 Å². The van der Waals surface area contributed by atoms with Crippen LogP contribution in [0.5, 0.6) is 0 Å². The van der Waals surface area contributed by atoms with Crippen molar-refractivity contribution in [3.8, 4) is 0 Å². The van der Waals surface area contributed by atoms with Gasteiger partial charge in [0.1, 0.15) is 6.33 Å². The van der Waals surface area contributed by atoms with Crippen molar-refractivity contribution in [1.82, 2.24) is 25.6 Å². The Kier molecular flexibility index (Phi) is 3.95. The Hall–Kier alpha value is -1.59. The second-order valence-electron chi connectivity index (χ2n) is 5.06. The second kappa shape index (κ2) is 6.04. The number of nitrogens with zero attached hydrogens (tertiary/aromatic N) is 3. The monoisotopic (exact) mass is 257 g/mol. The normalized spacial score (nSPS) is 19.7. The van der Waals surface area contributed by atoms with Gasteiger partial charge < -0.3 is 10.6 Å². The second-order valence-corrected chi connectivity index (χ2v) is 5.06. The van der Waals surface area contributed by atoms with E-state index in [2.05, 4.69) is 25.6 Å². The van der Waals surface area contributed by atoms with E-state index in [-0.39, 0.29) is 0 Å². The first-order valence-electron chi connectivity index (χ1n) is 6.88. The Labute approximate surface area is 112 Å². The van der Waals surface area contributed by atoms with Crippen LogP contribution in [0.1, 0.15) is 18.5 Å². The summed E-state index contributed by atoms with van der Waals surface area (Å²) in [6.45, 7) is 4.09. The van der Waals surface area contributed by atoms with Gasteiger partial charge >= 0.3 is 0 Å². The van der Waals surface area contributed by atoms with E-state index in [1.165, 1.54) is 12.8 Å². The van der Waals surface area contributed by atoms with Gasteiger partial charge in [0.2, 0.25) is 0 Å². The van der Waals surface area contributed by atoms with Crippen molar-refractivity contribution < 1.29 is 0 Å².